The first-order chi connectivity index (χ1) is 8.48. The topological polar surface area (TPSA) is 0 Å². The molecule has 0 aliphatic rings. The van der Waals surface area contributed by atoms with Crippen LogP contribution in [0.1, 0.15) is 11.1 Å². The van der Waals surface area contributed by atoms with Crippen LogP contribution in [0.2, 0.25) is 19.6 Å². The van der Waals surface area contributed by atoms with E-state index in [2.05, 4.69) is 74.8 Å². The van der Waals surface area contributed by atoms with Gasteiger partial charge in [0.05, 0.1) is 8.07 Å². The molecule has 0 aliphatic heterocycles. The minimum atomic E-state index is -1.20. The van der Waals surface area contributed by atoms with E-state index in [0.29, 0.717) is 0 Å². The normalized spacial score (nSPS) is 11.3. The van der Waals surface area contributed by atoms with Crippen molar-refractivity contribution in [3.8, 4) is 0 Å². The molecule has 1 heteroatoms. The van der Waals surface area contributed by atoms with Crippen LogP contribution in [0.3, 0.4) is 0 Å². The second-order valence-corrected chi connectivity index (χ2v) is 10.7. The van der Waals surface area contributed by atoms with Crippen molar-refractivity contribution in [2.24, 2.45) is 0 Å². The average molecular weight is 252 g/mol. The van der Waals surface area contributed by atoms with Crippen molar-refractivity contribution in [3.05, 3.63) is 72.3 Å². The van der Waals surface area contributed by atoms with Crippen LogP contribution in [0.4, 0.5) is 0 Å². The predicted octanol–water partition coefficient (Wildman–Crippen LogP) is 4.29. The lowest BCUT2D eigenvalue weighted by Gasteiger charge is -2.17. The lowest BCUT2D eigenvalue weighted by Crippen LogP contribution is -2.37. The maximum atomic E-state index is 4.20. The molecular formula is C17H20Si. The number of hydrogen-bond donors (Lipinski definition) is 0. The molecule has 0 saturated heterocycles. The summed E-state index contributed by atoms with van der Waals surface area (Å²) in [5, 5.41) is 1.49. The van der Waals surface area contributed by atoms with Crippen LogP contribution in [-0.2, 0) is 0 Å². The SMILES string of the molecule is C=C(c1ccccc1)c1ccc([Si](C)(C)C)cc1. The van der Waals surface area contributed by atoms with Crippen LogP contribution in [0.5, 0.6) is 0 Å². The zero-order valence-corrected chi connectivity index (χ0v) is 12.4. The number of hydrogen-bond acceptors (Lipinski definition) is 0. The fourth-order valence-corrected chi connectivity index (χ4v) is 3.14. The third-order valence-electron chi connectivity index (χ3n) is 3.22. The predicted molar refractivity (Wildman–Crippen MR) is 84.0 cm³/mol. The van der Waals surface area contributed by atoms with Crippen molar-refractivity contribution in [2.75, 3.05) is 0 Å². The van der Waals surface area contributed by atoms with Gasteiger partial charge in [0.2, 0.25) is 0 Å². The summed E-state index contributed by atoms with van der Waals surface area (Å²) in [6, 6.07) is 19.3. The van der Waals surface area contributed by atoms with Gasteiger partial charge < -0.3 is 0 Å². The summed E-state index contributed by atoms with van der Waals surface area (Å²) in [5.41, 5.74) is 3.50. The van der Waals surface area contributed by atoms with E-state index in [-0.39, 0.29) is 0 Å². The van der Waals surface area contributed by atoms with Crippen LogP contribution in [0.25, 0.3) is 5.57 Å². The van der Waals surface area contributed by atoms with Crippen molar-refractivity contribution in [1.29, 1.82) is 0 Å². The molecule has 0 amide bonds. The van der Waals surface area contributed by atoms with Gasteiger partial charge in [0.1, 0.15) is 0 Å². The van der Waals surface area contributed by atoms with Crippen LogP contribution >= 0.6 is 0 Å². The quantitative estimate of drug-likeness (QED) is 0.715. The molecule has 0 aromatic heterocycles. The van der Waals surface area contributed by atoms with Crippen molar-refractivity contribution in [2.45, 2.75) is 19.6 Å². The highest BCUT2D eigenvalue weighted by Gasteiger charge is 2.15. The summed E-state index contributed by atoms with van der Waals surface area (Å²) in [6.45, 7) is 11.3. The summed E-state index contributed by atoms with van der Waals surface area (Å²) in [6.07, 6.45) is 0. The second kappa shape index (κ2) is 4.95. The highest BCUT2D eigenvalue weighted by molar-refractivity contribution is 6.88. The van der Waals surface area contributed by atoms with Crippen LogP contribution in [0.15, 0.2) is 61.2 Å². The van der Waals surface area contributed by atoms with Gasteiger partial charge in [0.15, 0.2) is 0 Å². The molecule has 0 fully saturated rings. The molecule has 0 aliphatic carbocycles. The Labute approximate surface area is 111 Å². The lowest BCUT2D eigenvalue weighted by molar-refractivity contribution is 1.56. The lowest BCUT2D eigenvalue weighted by atomic mass is 10.00. The molecule has 2 aromatic carbocycles. The van der Waals surface area contributed by atoms with Crippen LogP contribution in [-0.4, -0.2) is 8.07 Å². The van der Waals surface area contributed by atoms with E-state index in [1.165, 1.54) is 16.3 Å². The molecule has 92 valence electrons. The Morgan fingerprint density at radius 1 is 0.778 bits per heavy atom. The Morgan fingerprint density at radius 3 is 1.78 bits per heavy atom. The van der Waals surface area contributed by atoms with Gasteiger partial charge in [-0.2, -0.15) is 0 Å². The molecule has 0 N–H and O–H groups in total. The Balaban J connectivity index is 2.28. The van der Waals surface area contributed by atoms with Crippen molar-refractivity contribution >= 4 is 18.8 Å². The minimum absolute atomic E-state index is 1.10. The molecule has 0 nitrogen and oxygen atoms in total. The zero-order chi connectivity index (χ0) is 13.2. The van der Waals surface area contributed by atoms with Crippen molar-refractivity contribution in [1.82, 2.24) is 0 Å². The van der Waals surface area contributed by atoms with Crippen LogP contribution < -0.4 is 5.19 Å². The summed E-state index contributed by atoms with van der Waals surface area (Å²) in [5.74, 6) is 0. The highest BCUT2D eigenvalue weighted by atomic mass is 28.3. The van der Waals surface area contributed by atoms with Gasteiger partial charge in [-0.3, -0.25) is 0 Å². The molecule has 0 saturated carbocycles. The van der Waals surface area contributed by atoms with Gasteiger partial charge in [-0.15, -0.1) is 0 Å². The van der Waals surface area contributed by atoms with E-state index in [9.17, 15) is 0 Å². The van der Waals surface area contributed by atoms with Gasteiger partial charge in [0, 0.05) is 0 Å². The fourth-order valence-electron chi connectivity index (χ4n) is 1.98. The van der Waals surface area contributed by atoms with Gasteiger partial charge in [0.25, 0.3) is 0 Å². The van der Waals surface area contributed by atoms with E-state index in [4.69, 9.17) is 0 Å². The number of rotatable bonds is 3. The van der Waals surface area contributed by atoms with Gasteiger partial charge in [-0.1, -0.05) is 86.0 Å². The molecule has 0 bridgehead atoms. The first kappa shape index (κ1) is 12.8. The van der Waals surface area contributed by atoms with Gasteiger partial charge >= 0.3 is 0 Å². The zero-order valence-electron chi connectivity index (χ0n) is 11.4. The summed E-state index contributed by atoms with van der Waals surface area (Å²) >= 11 is 0. The van der Waals surface area contributed by atoms with E-state index in [1.807, 2.05) is 6.07 Å². The fraction of sp³-hybridized carbons (Fsp3) is 0.176. The van der Waals surface area contributed by atoms with Crippen molar-refractivity contribution in [3.63, 3.8) is 0 Å². The minimum Gasteiger partial charge on any atom is -0.0906 e. The monoisotopic (exact) mass is 252 g/mol. The summed E-state index contributed by atoms with van der Waals surface area (Å²) in [7, 11) is -1.20. The third kappa shape index (κ3) is 2.80. The first-order valence-electron chi connectivity index (χ1n) is 6.34. The summed E-state index contributed by atoms with van der Waals surface area (Å²) < 4.78 is 0. The Bertz CT molecular complexity index is 530. The van der Waals surface area contributed by atoms with Gasteiger partial charge in [-0.05, 0) is 16.7 Å². The largest absolute Gasteiger partial charge is 0.0906 e. The molecule has 0 radical (unpaired) electrons. The number of benzene rings is 2. The molecule has 0 unspecified atom stereocenters. The average Bonchev–Trinajstić information content (AvgIpc) is 2.38. The smallest absolute Gasteiger partial charge is 0.0775 e. The Morgan fingerprint density at radius 2 is 1.28 bits per heavy atom. The summed E-state index contributed by atoms with van der Waals surface area (Å²) in [4.78, 5) is 0. The molecule has 0 atom stereocenters. The van der Waals surface area contributed by atoms with Crippen molar-refractivity contribution < 1.29 is 0 Å². The van der Waals surface area contributed by atoms with E-state index < -0.39 is 8.07 Å². The molecule has 18 heavy (non-hydrogen) atoms. The van der Waals surface area contributed by atoms with E-state index >= 15 is 0 Å². The third-order valence-corrected chi connectivity index (χ3v) is 5.29. The van der Waals surface area contributed by atoms with Gasteiger partial charge in [-0.25, -0.2) is 0 Å². The molecular weight excluding hydrogens is 232 g/mol. The maximum Gasteiger partial charge on any atom is 0.0775 e. The van der Waals surface area contributed by atoms with Crippen LogP contribution in [0, 0.1) is 0 Å². The Hall–Kier alpha value is -1.60. The second-order valence-electron chi connectivity index (χ2n) is 5.67. The first-order valence-corrected chi connectivity index (χ1v) is 9.84. The maximum absolute atomic E-state index is 4.20. The Kier molecular flexibility index (Phi) is 3.53. The van der Waals surface area contributed by atoms with E-state index in [1.54, 1.807) is 0 Å². The molecule has 2 rings (SSSR count). The molecule has 0 spiro atoms. The van der Waals surface area contributed by atoms with E-state index in [0.717, 1.165) is 5.57 Å². The molecule has 2 aromatic rings. The standard InChI is InChI=1S/C17H20Si/c1-14(15-8-6-5-7-9-15)16-10-12-17(13-11-16)18(2,3)4/h5-13H,1H2,2-4H3. The highest BCUT2D eigenvalue weighted by Crippen LogP contribution is 2.20. The molecule has 0 heterocycles.